The normalized spacial score (nSPS) is 9.31. The molecule has 0 aliphatic carbocycles. The van der Waals surface area contributed by atoms with Crippen molar-refractivity contribution in [3.63, 3.8) is 0 Å². The first-order valence-corrected chi connectivity index (χ1v) is 5.09. The largest absolute Gasteiger partial charge is 0.374 e. The third-order valence-electron chi connectivity index (χ3n) is 2.37. The van der Waals surface area contributed by atoms with Crippen LogP contribution in [0.25, 0.3) is 0 Å². The van der Waals surface area contributed by atoms with Gasteiger partial charge in [0, 0.05) is 32.7 Å². The van der Waals surface area contributed by atoms with Crippen LogP contribution in [0, 0.1) is 11.3 Å². The number of amides is 1. The van der Waals surface area contributed by atoms with Gasteiger partial charge in [-0.3, -0.25) is 4.79 Å². The van der Waals surface area contributed by atoms with Gasteiger partial charge in [0.1, 0.15) is 0 Å². The fourth-order valence-corrected chi connectivity index (χ4v) is 1.34. The summed E-state index contributed by atoms with van der Waals surface area (Å²) in [5.74, 6) is 0.0169. The Hall–Kier alpha value is -2.02. The third-order valence-corrected chi connectivity index (χ3v) is 2.37. The van der Waals surface area contributed by atoms with Gasteiger partial charge >= 0.3 is 0 Å². The number of carbonyl (C=O) groups excluding carboxylic acids is 1. The lowest BCUT2D eigenvalue weighted by molar-refractivity contribution is -0.120. The second kappa shape index (κ2) is 5.76. The molecule has 1 N–H and O–H groups in total. The molecule has 0 saturated heterocycles. The number of anilines is 1. The van der Waals surface area contributed by atoms with E-state index in [1.165, 1.54) is 0 Å². The molecule has 0 saturated carbocycles. The van der Waals surface area contributed by atoms with E-state index in [9.17, 15) is 4.79 Å². The van der Waals surface area contributed by atoms with Crippen molar-refractivity contribution in [3.05, 3.63) is 29.8 Å². The molecule has 1 aromatic rings. The minimum atomic E-state index is 0.0169. The molecule has 0 aliphatic heterocycles. The van der Waals surface area contributed by atoms with Crippen LogP contribution in [0.3, 0.4) is 0 Å². The number of rotatable bonds is 4. The zero-order valence-corrected chi connectivity index (χ0v) is 9.53. The lowest BCUT2D eigenvalue weighted by Gasteiger charge is -2.18. The monoisotopic (exact) mass is 217 g/mol. The Morgan fingerprint density at radius 1 is 1.56 bits per heavy atom. The standard InChI is InChI=1S/C12H15N3O/c1-14-12(16)6-7-15(2)11-5-3-4-10(8-11)9-13/h3-5,8H,6-7H2,1-2H3,(H,14,16). The molecule has 1 rings (SSSR count). The van der Waals surface area contributed by atoms with Crippen molar-refractivity contribution in [1.82, 2.24) is 5.32 Å². The fraction of sp³-hybridized carbons (Fsp3) is 0.333. The summed E-state index contributed by atoms with van der Waals surface area (Å²) in [7, 11) is 3.53. The van der Waals surface area contributed by atoms with Crippen LogP contribution < -0.4 is 10.2 Å². The van der Waals surface area contributed by atoms with Crippen LogP contribution in [0.2, 0.25) is 0 Å². The highest BCUT2D eigenvalue weighted by molar-refractivity contribution is 5.76. The summed E-state index contributed by atoms with van der Waals surface area (Å²) in [5.41, 5.74) is 1.58. The van der Waals surface area contributed by atoms with Gasteiger partial charge in [-0.25, -0.2) is 0 Å². The molecule has 16 heavy (non-hydrogen) atoms. The van der Waals surface area contributed by atoms with Crippen LogP contribution in [0.4, 0.5) is 5.69 Å². The first kappa shape index (κ1) is 12.1. The van der Waals surface area contributed by atoms with Gasteiger partial charge in [-0.1, -0.05) is 6.07 Å². The van der Waals surface area contributed by atoms with Crippen LogP contribution in [-0.2, 0) is 4.79 Å². The first-order valence-electron chi connectivity index (χ1n) is 5.09. The second-order valence-electron chi connectivity index (χ2n) is 3.51. The first-order chi connectivity index (χ1) is 7.67. The van der Waals surface area contributed by atoms with Crippen molar-refractivity contribution >= 4 is 11.6 Å². The molecular formula is C12H15N3O. The summed E-state index contributed by atoms with van der Waals surface area (Å²) < 4.78 is 0. The average Bonchev–Trinajstić information content (AvgIpc) is 2.35. The number of hydrogen-bond acceptors (Lipinski definition) is 3. The van der Waals surface area contributed by atoms with Crippen LogP contribution in [0.15, 0.2) is 24.3 Å². The summed E-state index contributed by atoms with van der Waals surface area (Å²) >= 11 is 0. The molecule has 0 spiro atoms. The van der Waals surface area contributed by atoms with Crippen molar-refractivity contribution in [2.24, 2.45) is 0 Å². The summed E-state index contributed by atoms with van der Waals surface area (Å²) in [4.78, 5) is 13.0. The Bertz CT molecular complexity index is 409. The number of carbonyl (C=O) groups is 1. The molecule has 0 heterocycles. The number of benzene rings is 1. The molecule has 0 atom stereocenters. The van der Waals surface area contributed by atoms with Crippen LogP contribution in [0.5, 0.6) is 0 Å². The van der Waals surface area contributed by atoms with E-state index in [-0.39, 0.29) is 5.91 Å². The van der Waals surface area contributed by atoms with E-state index in [0.717, 1.165) is 5.69 Å². The van der Waals surface area contributed by atoms with Crippen molar-refractivity contribution in [3.8, 4) is 6.07 Å². The number of hydrogen-bond donors (Lipinski definition) is 1. The van der Waals surface area contributed by atoms with Gasteiger partial charge in [-0.15, -0.1) is 0 Å². The van der Waals surface area contributed by atoms with Crippen molar-refractivity contribution in [2.45, 2.75) is 6.42 Å². The van der Waals surface area contributed by atoms with Crippen molar-refractivity contribution in [1.29, 1.82) is 5.26 Å². The molecule has 4 heteroatoms. The third kappa shape index (κ3) is 3.28. The van der Waals surface area contributed by atoms with Gasteiger partial charge in [0.15, 0.2) is 0 Å². The van der Waals surface area contributed by atoms with Gasteiger partial charge in [0.25, 0.3) is 0 Å². The summed E-state index contributed by atoms with van der Waals surface area (Å²) in [6, 6.07) is 9.42. The molecule has 4 nitrogen and oxygen atoms in total. The minimum absolute atomic E-state index is 0.0169. The number of nitrogens with zero attached hydrogens (tertiary/aromatic N) is 2. The molecule has 0 radical (unpaired) electrons. The van der Waals surface area contributed by atoms with Gasteiger partial charge in [-0.05, 0) is 18.2 Å². The molecule has 1 aromatic carbocycles. The van der Waals surface area contributed by atoms with E-state index in [0.29, 0.717) is 18.5 Å². The van der Waals surface area contributed by atoms with E-state index in [1.54, 1.807) is 13.1 Å². The molecule has 0 aliphatic rings. The Kier molecular flexibility index (Phi) is 4.34. The lowest BCUT2D eigenvalue weighted by Crippen LogP contribution is -2.26. The predicted octanol–water partition coefficient (Wildman–Crippen LogP) is 1.13. The van der Waals surface area contributed by atoms with E-state index < -0.39 is 0 Å². The lowest BCUT2D eigenvalue weighted by atomic mass is 10.2. The zero-order chi connectivity index (χ0) is 12.0. The highest BCUT2D eigenvalue weighted by Gasteiger charge is 2.04. The molecule has 0 bridgehead atoms. The predicted molar refractivity (Wildman–Crippen MR) is 63.1 cm³/mol. The Balaban J connectivity index is 2.62. The van der Waals surface area contributed by atoms with Crippen LogP contribution in [0.1, 0.15) is 12.0 Å². The quantitative estimate of drug-likeness (QED) is 0.822. The number of nitriles is 1. The molecule has 84 valence electrons. The zero-order valence-electron chi connectivity index (χ0n) is 9.53. The Morgan fingerprint density at radius 2 is 2.31 bits per heavy atom. The second-order valence-corrected chi connectivity index (χ2v) is 3.51. The Labute approximate surface area is 95.5 Å². The van der Waals surface area contributed by atoms with E-state index in [2.05, 4.69) is 11.4 Å². The highest BCUT2D eigenvalue weighted by Crippen LogP contribution is 2.14. The SMILES string of the molecule is CNC(=O)CCN(C)c1cccc(C#N)c1. The van der Waals surface area contributed by atoms with E-state index in [4.69, 9.17) is 5.26 Å². The maximum atomic E-state index is 11.1. The van der Waals surface area contributed by atoms with Crippen LogP contribution >= 0.6 is 0 Å². The van der Waals surface area contributed by atoms with Crippen LogP contribution in [-0.4, -0.2) is 26.5 Å². The van der Waals surface area contributed by atoms with Gasteiger partial charge in [0.05, 0.1) is 11.6 Å². The van der Waals surface area contributed by atoms with Gasteiger partial charge < -0.3 is 10.2 Å². The highest BCUT2D eigenvalue weighted by atomic mass is 16.1. The topological polar surface area (TPSA) is 56.1 Å². The molecular weight excluding hydrogens is 202 g/mol. The summed E-state index contributed by atoms with van der Waals surface area (Å²) in [6.07, 6.45) is 0.448. The van der Waals surface area contributed by atoms with E-state index in [1.807, 2.05) is 30.1 Å². The van der Waals surface area contributed by atoms with Crippen molar-refractivity contribution < 1.29 is 4.79 Å². The van der Waals surface area contributed by atoms with Gasteiger partial charge in [-0.2, -0.15) is 5.26 Å². The maximum absolute atomic E-state index is 11.1. The molecule has 0 unspecified atom stereocenters. The van der Waals surface area contributed by atoms with E-state index >= 15 is 0 Å². The Morgan fingerprint density at radius 3 is 2.94 bits per heavy atom. The maximum Gasteiger partial charge on any atom is 0.221 e. The fourth-order valence-electron chi connectivity index (χ4n) is 1.34. The molecule has 0 fully saturated rings. The number of nitrogens with one attached hydrogen (secondary N) is 1. The summed E-state index contributed by atoms with van der Waals surface area (Å²) in [6.45, 7) is 0.633. The van der Waals surface area contributed by atoms with Gasteiger partial charge in [0.2, 0.25) is 5.91 Å². The summed E-state index contributed by atoms with van der Waals surface area (Å²) in [5, 5.41) is 11.3. The smallest absolute Gasteiger partial charge is 0.221 e. The average molecular weight is 217 g/mol. The molecule has 0 aromatic heterocycles. The molecule has 1 amide bonds. The van der Waals surface area contributed by atoms with Crippen molar-refractivity contribution in [2.75, 3.05) is 25.5 Å². The minimum Gasteiger partial charge on any atom is -0.374 e.